The zero-order valence-electron chi connectivity index (χ0n) is 22.3. The second-order valence-corrected chi connectivity index (χ2v) is 11.0. The van der Waals surface area contributed by atoms with Crippen molar-refractivity contribution in [3.63, 3.8) is 0 Å². The fourth-order valence-corrected chi connectivity index (χ4v) is 4.63. The summed E-state index contributed by atoms with van der Waals surface area (Å²) in [4.78, 5) is 14.2. The molecule has 3 rings (SSSR count). The molecule has 3 aromatic carbocycles. The Morgan fingerprint density at radius 3 is 2.05 bits per heavy atom. The lowest BCUT2D eigenvalue weighted by atomic mass is 10.0. The Labute approximate surface area is 225 Å². The van der Waals surface area contributed by atoms with Crippen molar-refractivity contribution < 1.29 is 17.9 Å². The average Bonchev–Trinajstić information content (AvgIpc) is 2.91. The van der Waals surface area contributed by atoms with Crippen LogP contribution in [0.2, 0.25) is 0 Å². The molecule has 0 unspecified atom stereocenters. The summed E-state index contributed by atoms with van der Waals surface area (Å²) < 4.78 is 33.0. The summed E-state index contributed by atoms with van der Waals surface area (Å²) in [7, 11) is 0.255. The van der Waals surface area contributed by atoms with Crippen LogP contribution in [0.15, 0.2) is 87.9 Å². The van der Waals surface area contributed by atoms with Gasteiger partial charge in [-0.1, -0.05) is 29.8 Å². The zero-order chi connectivity index (χ0) is 27.4. The van der Waals surface area contributed by atoms with Gasteiger partial charge in [0.1, 0.15) is 5.78 Å². The number of nitrogens with one attached hydrogen (secondary N) is 1. The number of hydrogen-bond acceptors (Lipinski definition) is 7. The molecule has 0 radical (unpaired) electrons. The van der Waals surface area contributed by atoms with E-state index < -0.39 is 10.0 Å². The van der Waals surface area contributed by atoms with E-state index in [9.17, 15) is 13.2 Å². The maximum Gasteiger partial charge on any atom is 0.240 e. The molecule has 1 N–H and O–H groups in total. The Bertz CT molecular complexity index is 1290. The summed E-state index contributed by atoms with van der Waals surface area (Å²) in [6.07, 6.45) is 2.54. The van der Waals surface area contributed by atoms with Crippen LogP contribution >= 0.6 is 0 Å². The first kappa shape index (κ1) is 29.2. The van der Waals surface area contributed by atoms with E-state index in [1.54, 1.807) is 12.1 Å². The first-order chi connectivity index (χ1) is 18.2. The summed E-state index contributed by atoms with van der Waals surface area (Å²) in [5.41, 5.74) is 4.78. The molecular weight excluding hydrogens is 500 g/mol. The normalized spacial score (nSPS) is 11.7. The van der Waals surface area contributed by atoms with Crippen LogP contribution in [0.5, 0.6) is 0 Å². The monoisotopic (exact) mass is 536 g/mol. The fourth-order valence-electron chi connectivity index (χ4n) is 3.61. The molecule has 38 heavy (non-hydrogen) atoms. The van der Waals surface area contributed by atoms with Gasteiger partial charge < -0.3 is 9.64 Å². The maximum atomic E-state index is 12.5. The van der Waals surface area contributed by atoms with E-state index in [1.165, 1.54) is 23.3 Å². The first-order valence-corrected chi connectivity index (χ1v) is 14.1. The van der Waals surface area contributed by atoms with E-state index in [4.69, 9.17) is 4.74 Å². The number of ether oxygens (including phenoxy) is 1. The van der Waals surface area contributed by atoms with Gasteiger partial charge in [-0.05, 0) is 73.9 Å². The predicted octanol–water partition coefficient (Wildman–Crippen LogP) is 5.75. The lowest BCUT2D eigenvalue weighted by molar-refractivity contribution is -0.120. The number of Topliss-reactive ketones (excluding diaryl/α,β-unsaturated/α-hetero) is 1. The molecule has 0 fully saturated rings. The molecule has 0 bridgehead atoms. The molecule has 8 nitrogen and oxygen atoms in total. The molecule has 0 atom stereocenters. The molecule has 0 aliphatic heterocycles. The quantitative estimate of drug-likeness (QED) is 0.197. The first-order valence-electron chi connectivity index (χ1n) is 12.7. The molecular formula is C29H36N4O4S. The lowest BCUT2D eigenvalue weighted by Gasteiger charge is -2.11. The third kappa shape index (κ3) is 9.81. The topological polar surface area (TPSA) is 100 Å². The van der Waals surface area contributed by atoms with Crippen molar-refractivity contribution in [1.29, 1.82) is 0 Å². The van der Waals surface area contributed by atoms with Gasteiger partial charge in [0.05, 0.1) is 29.5 Å². The van der Waals surface area contributed by atoms with Crippen LogP contribution in [0.1, 0.15) is 30.4 Å². The highest BCUT2D eigenvalue weighted by Crippen LogP contribution is 2.22. The molecule has 9 heteroatoms. The van der Waals surface area contributed by atoms with Crippen molar-refractivity contribution in [2.45, 2.75) is 37.5 Å². The van der Waals surface area contributed by atoms with Gasteiger partial charge in [0.25, 0.3) is 0 Å². The maximum absolute atomic E-state index is 12.5. The number of benzene rings is 3. The van der Waals surface area contributed by atoms with Crippen LogP contribution in [0, 0.1) is 6.92 Å². The van der Waals surface area contributed by atoms with Crippen LogP contribution in [0.4, 0.5) is 17.1 Å². The molecule has 0 saturated carbocycles. The summed E-state index contributed by atoms with van der Waals surface area (Å²) in [6.45, 7) is 2.64. The molecule has 0 aliphatic rings. The Hall–Kier alpha value is -3.40. The number of azo groups is 1. The Morgan fingerprint density at radius 1 is 0.842 bits per heavy atom. The van der Waals surface area contributed by atoms with E-state index in [-0.39, 0.29) is 30.4 Å². The van der Waals surface area contributed by atoms with Crippen LogP contribution in [-0.4, -0.2) is 48.1 Å². The van der Waals surface area contributed by atoms with Crippen LogP contribution in [0.25, 0.3) is 0 Å². The second-order valence-electron chi connectivity index (χ2n) is 9.24. The fraction of sp³-hybridized carbons (Fsp3) is 0.345. The highest BCUT2D eigenvalue weighted by atomic mass is 32.2. The van der Waals surface area contributed by atoms with Crippen LogP contribution < -0.4 is 9.62 Å². The summed E-state index contributed by atoms with van der Waals surface area (Å²) in [6, 6.07) is 22.2. The van der Waals surface area contributed by atoms with E-state index >= 15 is 0 Å². The molecule has 0 saturated heterocycles. The third-order valence-corrected chi connectivity index (χ3v) is 7.38. The van der Waals surface area contributed by atoms with Crippen molar-refractivity contribution in [2.24, 2.45) is 10.2 Å². The minimum absolute atomic E-state index is 0.119. The van der Waals surface area contributed by atoms with Crippen molar-refractivity contribution in [3.05, 3.63) is 83.9 Å². The van der Waals surface area contributed by atoms with Crippen molar-refractivity contribution in [2.75, 3.05) is 38.8 Å². The lowest BCUT2D eigenvalue weighted by Crippen LogP contribution is -2.27. The van der Waals surface area contributed by atoms with Crippen LogP contribution in [-0.2, 0) is 26.0 Å². The Morgan fingerprint density at radius 2 is 1.45 bits per heavy atom. The van der Waals surface area contributed by atoms with Crippen LogP contribution in [0.3, 0.4) is 0 Å². The molecule has 0 aliphatic carbocycles. The van der Waals surface area contributed by atoms with Crippen molar-refractivity contribution in [1.82, 2.24) is 4.72 Å². The van der Waals surface area contributed by atoms with Gasteiger partial charge >= 0.3 is 0 Å². The summed E-state index contributed by atoms with van der Waals surface area (Å²) in [5, 5.41) is 8.36. The molecule has 0 spiro atoms. The SMILES string of the molecule is Cc1ccc(CCCC(=O)CCOCCNS(=O)(=O)c2ccc(N=Nc3ccc(N(C)C)cc3)cc2)cc1. The largest absolute Gasteiger partial charge is 0.380 e. The molecule has 3 aromatic rings. The number of aryl methyl sites for hydroxylation is 2. The minimum Gasteiger partial charge on any atom is -0.380 e. The number of ketones is 1. The predicted molar refractivity (Wildman–Crippen MR) is 151 cm³/mol. The van der Waals surface area contributed by atoms with Crippen molar-refractivity contribution in [3.8, 4) is 0 Å². The van der Waals surface area contributed by atoms with E-state index in [0.29, 0.717) is 24.2 Å². The van der Waals surface area contributed by atoms with Crippen molar-refractivity contribution >= 4 is 32.9 Å². The highest BCUT2D eigenvalue weighted by Gasteiger charge is 2.13. The van der Waals surface area contributed by atoms with E-state index in [1.807, 2.05) is 43.3 Å². The number of nitrogens with zero attached hydrogens (tertiary/aromatic N) is 3. The number of sulfonamides is 1. The standard InChI is InChI=1S/C29H36N4O4S/c1-23-7-9-24(10-8-23)5-4-6-28(34)19-21-37-22-20-30-38(35,36)29-17-13-26(14-18-29)32-31-25-11-15-27(16-12-25)33(2)3/h7-18,30H,4-6,19-22H2,1-3H3. The second kappa shape index (κ2) is 14.5. The molecule has 202 valence electrons. The molecule has 0 aromatic heterocycles. The number of anilines is 1. The molecule has 0 heterocycles. The smallest absolute Gasteiger partial charge is 0.240 e. The Balaban J connectivity index is 1.33. The number of rotatable bonds is 15. The van der Waals surface area contributed by atoms with Gasteiger partial charge in [0.15, 0.2) is 0 Å². The van der Waals surface area contributed by atoms with E-state index in [0.717, 1.165) is 18.5 Å². The van der Waals surface area contributed by atoms with E-state index in [2.05, 4.69) is 46.1 Å². The summed E-state index contributed by atoms with van der Waals surface area (Å²) >= 11 is 0. The third-order valence-electron chi connectivity index (χ3n) is 5.90. The number of hydrogen-bond donors (Lipinski definition) is 1. The molecule has 0 amide bonds. The van der Waals surface area contributed by atoms with Gasteiger partial charge in [0, 0.05) is 39.2 Å². The van der Waals surface area contributed by atoms with Gasteiger partial charge in [0.2, 0.25) is 10.0 Å². The Kier molecular flexibility index (Phi) is 11.1. The zero-order valence-corrected chi connectivity index (χ0v) is 23.1. The van der Waals surface area contributed by atoms with Gasteiger partial charge in [-0.15, -0.1) is 0 Å². The van der Waals surface area contributed by atoms with Gasteiger partial charge in [-0.3, -0.25) is 4.79 Å². The van der Waals surface area contributed by atoms with Gasteiger partial charge in [-0.25, -0.2) is 13.1 Å². The number of carbonyl (C=O) groups excluding carboxylic acids is 1. The number of carbonyl (C=O) groups is 1. The minimum atomic E-state index is -3.68. The van der Waals surface area contributed by atoms with Gasteiger partial charge in [-0.2, -0.15) is 10.2 Å². The average molecular weight is 537 g/mol. The highest BCUT2D eigenvalue weighted by molar-refractivity contribution is 7.89. The summed E-state index contributed by atoms with van der Waals surface area (Å²) in [5.74, 6) is 0.153.